The summed E-state index contributed by atoms with van der Waals surface area (Å²) >= 11 is 0. The van der Waals surface area contributed by atoms with Crippen LogP contribution in [0, 0.1) is 37.5 Å². The molecule has 3 amide bonds. The summed E-state index contributed by atoms with van der Waals surface area (Å²) < 4.78 is 13.9. The topological polar surface area (TPSA) is 150 Å². The predicted molar refractivity (Wildman–Crippen MR) is 191 cm³/mol. The molecule has 2 aromatic heterocycles. The minimum absolute atomic E-state index is 0.0580. The maximum absolute atomic E-state index is 14.0. The molecule has 3 heterocycles. The molecule has 6 rings (SSSR count). The molecular weight excluding hydrogens is 650 g/mol. The Balaban J connectivity index is 1.13. The number of carbonyl (C=O) groups is 4. The zero-order valence-electron chi connectivity index (χ0n) is 31.0. The molecule has 1 atom stereocenters. The summed E-state index contributed by atoms with van der Waals surface area (Å²) in [7, 11) is 0. The van der Waals surface area contributed by atoms with Gasteiger partial charge in [0.1, 0.15) is 22.9 Å². The lowest BCUT2D eigenvalue weighted by Crippen LogP contribution is -2.53. The summed E-state index contributed by atoms with van der Waals surface area (Å²) in [6, 6.07) is 8.40. The van der Waals surface area contributed by atoms with Crippen molar-refractivity contribution in [3.63, 3.8) is 0 Å². The first-order valence-electron chi connectivity index (χ1n) is 18.0. The van der Waals surface area contributed by atoms with Crippen LogP contribution in [0.4, 0.5) is 15.3 Å². The van der Waals surface area contributed by atoms with Crippen molar-refractivity contribution in [2.45, 2.75) is 105 Å². The molecule has 2 aliphatic carbocycles. The van der Waals surface area contributed by atoms with Crippen molar-refractivity contribution in [1.82, 2.24) is 29.8 Å². The van der Waals surface area contributed by atoms with Gasteiger partial charge in [-0.3, -0.25) is 14.3 Å². The molecule has 3 aliphatic rings. The van der Waals surface area contributed by atoms with E-state index < -0.39 is 23.3 Å². The normalized spacial score (nSPS) is 17.2. The van der Waals surface area contributed by atoms with Gasteiger partial charge in [0.25, 0.3) is 5.91 Å². The molecule has 2 N–H and O–H groups in total. The first-order chi connectivity index (χ1) is 24.0. The molecule has 13 heteroatoms. The summed E-state index contributed by atoms with van der Waals surface area (Å²) in [5.74, 6) is 0.413. The van der Waals surface area contributed by atoms with E-state index in [2.05, 4.69) is 20.8 Å². The largest absolute Gasteiger partial charge is 0.444 e. The lowest BCUT2D eigenvalue weighted by Gasteiger charge is -2.39. The number of hydrogen-bond donors (Lipinski definition) is 2. The third kappa shape index (κ3) is 8.62. The number of ether oxygens (including phenoxy) is 2. The average Bonchev–Trinajstić information content (AvgIpc) is 3.94. The average molecular weight is 702 g/mol. The van der Waals surface area contributed by atoms with E-state index in [9.17, 15) is 19.2 Å². The molecule has 0 spiro atoms. The minimum atomic E-state index is -0.705. The highest BCUT2D eigenvalue weighted by Gasteiger charge is 2.48. The Morgan fingerprint density at radius 3 is 2.02 bits per heavy atom. The van der Waals surface area contributed by atoms with Crippen LogP contribution >= 0.6 is 0 Å². The second kappa shape index (κ2) is 13.8. The van der Waals surface area contributed by atoms with Gasteiger partial charge >= 0.3 is 12.2 Å². The van der Waals surface area contributed by atoms with E-state index in [-0.39, 0.29) is 29.7 Å². The van der Waals surface area contributed by atoms with Crippen molar-refractivity contribution in [3.8, 4) is 11.1 Å². The Morgan fingerprint density at radius 2 is 1.45 bits per heavy atom. The Labute approximate surface area is 299 Å². The molecule has 2 saturated carbocycles. The molecule has 51 heavy (non-hydrogen) atoms. The summed E-state index contributed by atoms with van der Waals surface area (Å²) in [6.07, 6.45) is 4.93. The Morgan fingerprint density at radius 1 is 0.863 bits per heavy atom. The number of benzene rings is 1. The third-order valence-electron chi connectivity index (χ3n) is 9.57. The highest BCUT2D eigenvalue weighted by Crippen LogP contribution is 2.51. The van der Waals surface area contributed by atoms with Gasteiger partial charge in [0.2, 0.25) is 5.91 Å². The predicted octanol–water partition coefficient (Wildman–Crippen LogP) is 6.19. The van der Waals surface area contributed by atoms with E-state index in [1.807, 2.05) is 79.7 Å². The lowest BCUT2D eigenvalue weighted by atomic mass is 9.88. The fourth-order valence-corrected chi connectivity index (χ4v) is 7.00. The van der Waals surface area contributed by atoms with Gasteiger partial charge < -0.3 is 25.0 Å². The van der Waals surface area contributed by atoms with Crippen LogP contribution in [0.1, 0.15) is 89.1 Å². The number of aryl methyl sites for hydroxylation is 1. The highest BCUT2D eigenvalue weighted by atomic mass is 16.6. The zero-order chi connectivity index (χ0) is 36.8. The molecule has 0 radical (unpaired) electrons. The number of aromatic nitrogens is 4. The SMILES string of the molecule is Cc1nn(C(=O)OC(C)(C)C)c(C)c1-c1ccc(NC(=O)[C@@H](NC(=O)c2ccnn2CC2CN(C(=O)OC(C)(C)C)C2)C(C2CC2)C2CC2)cc1. The molecule has 3 aromatic rings. The van der Waals surface area contributed by atoms with Crippen LogP contribution in [0.25, 0.3) is 11.1 Å². The van der Waals surface area contributed by atoms with Crippen LogP contribution in [0.2, 0.25) is 0 Å². The van der Waals surface area contributed by atoms with Gasteiger partial charge in [0.05, 0.1) is 11.4 Å². The Bertz CT molecular complexity index is 1770. The number of rotatable bonds is 10. The highest BCUT2D eigenvalue weighted by molar-refractivity contribution is 6.01. The van der Waals surface area contributed by atoms with E-state index in [0.717, 1.165) is 36.8 Å². The molecule has 274 valence electrons. The maximum atomic E-state index is 14.0. The van der Waals surface area contributed by atoms with Gasteiger partial charge in [-0.1, -0.05) is 12.1 Å². The van der Waals surface area contributed by atoms with E-state index in [1.54, 1.807) is 21.8 Å². The van der Waals surface area contributed by atoms with Crippen LogP contribution in [0.5, 0.6) is 0 Å². The number of nitrogens with one attached hydrogen (secondary N) is 2. The summed E-state index contributed by atoms with van der Waals surface area (Å²) in [5.41, 5.74) is 2.80. The number of amides is 3. The quantitative estimate of drug-likeness (QED) is 0.254. The van der Waals surface area contributed by atoms with E-state index >= 15 is 0 Å². The van der Waals surface area contributed by atoms with Crippen molar-refractivity contribution in [2.75, 3.05) is 18.4 Å². The number of carbonyl (C=O) groups excluding carboxylic acids is 4. The number of likely N-dealkylation sites (tertiary alicyclic amines) is 1. The molecule has 3 fully saturated rings. The third-order valence-corrected chi connectivity index (χ3v) is 9.57. The molecule has 0 unspecified atom stereocenters. The van der Waals surface area contributed by atoms with Gasteiger partial charge in [-0.25, -0.2) is 9.59 Å². The summed E-state index contributed by atoms with van der Waals surface area (Å²) in [4.78, 5) is 54.7. The van der Waals surface area contributed by atoms with Crippen molar-refractivity contribution >= 4 is 29.7 Å². The standard InChI is InChI=1S/C38H51N7O6/c1-22-30(23(2)45(42-22)36(49)51-38(6,7)8)25-13-15-28(16-14-25)40-34(47)32(31(26-9-10-26)27-11-12-27)41-33(46)29-17-18-39-44(29)21-24-19-43(20-24)35(48)50-37(3,4)5/h13-18,24,26-27,31-32H,9-12,19-21H2,1-8H3,(H,40,47)(H,41,46)/t32-/m0/s1. The van der Waals surface area contributed by atoms with Crippen LogP contribution in [0.15, 0.2) is 36.5 Å². The van der Waals surface area contributed by atoms with Gasteiger partial charge in [-0.05, 0) is 123 Å². The minimum Gasteiger partial charge on any atom is -0.444 e. The second-order valence-electron chi connectivity index (χ2n) is 16.4. The Hall–Kier alpha value is -4.68. The first kappa shape index (κ1) is 36.1. The van der Waals surface area contributed by atoms with Gasteiger partial charge in [-0.15, -0.1) is 0 Å². The number of anilines is 1. The van der Waals surface area contributed by atoms with Gasteiger partial charge in [0, 0.05) is 43.0 Å². The number of nitrogens with zero attached hydrogens (tertiary/aromatic N) is 5. The molecule has 1 aromatic carbocycles. The Kier molecular flexibility index (Phi) is 9.77. The monoisotopic (exact) mass is 701 g/mol. The molecule has 1 aliphatic heterocycles. The van der Waals surface area contributed by atoms with Crippen LogP contribution < -0.4 is 10.6 Å². The number of hydrogen-bond acceptors (Lipinski definition) is 8. The van der Waals surface area contributed by atoms with Crippen molar-refractivity contribution in [3.05, 3.63) is 53.6 Å². The van der Waals surface area contributed by atoms with Gasteiger partial charge in [0.15, 0.2) is 0 Å². The van der Waals surface area contributed by atoms with Crippen LogP contribution in [-0.4, -0.2) is 78.8 Å². The van der Waals surface area contributed by atoms with Crippen molar-refractivity contribution in [1.29, 1.82) is 0 Å². The molecular formula is C38H51N7O6. The molecule has 0 bridgehead atoms. The van der Waals surface area contributed by atoms with Crippen molar-refractivity contribution in [2.24, 2.45) is 23.7 Å². The van der Waals surface area contributed by atoms with Crippen LogP contribution in [0.3, 0.4) is 0 Å². The molecule has 1 saturated heterocycles. The van der Waals surface area contributed by atoms with E-state index in [1.165, 1.54) is 4.68 Å². The zero-order valence-corrected chi connectivity index (χ0v) is 31.0. The summed E-state index contributed by atoms with van der Waals surface area (Å²) in [6.45, 7) is 16.2. The summed E-state index contributed by atoms with van der Waals surface area (Å²) in [5, 5.41) is 15.0. The van der Waals surface area contributed by atoms with E-state index in [0.29, 0.717) is 54.2 Å². The lowest BCUT2D eigenvalue weighted by molar-refractivity contribution is -0.119. The first-order valence-corrected chi connectivity index (χ1v) is 18.0. The van der Waals surface area contributed by atoms with Crippen LogP contribution in [-0.2, 0) is 20.8 Å². The van der Waals surface area contributed by atoms with Crippen molar-refractivity contribution < 1.29 is 28.7 Å². The van der Waals surface area contributed by atoms with Gasteiger partial charge in [-0.2, -0.15) is 14.9 Å². The molecule has 13 nitrogen and oxygen atoms in total. The van der Waals surface area contributed by atoms with E-state index in [4.69, 9.17) is 9.47 Å². The maximum Gasteiger partial charge on any atom is 0.435 e. The fourth-order valence-electron chi connectivity index (χ4n) is 7.00. The smallest absolute Gasteiger partial charge is 0.435 e. The second-order valence-corrected chi connectivity index (χ2v) is 16.4. The fraction of sp³-hybridized carbons (Fsp3) is 0.579.